The molecule has 1 aliphatic heterocycles. The monoisotopic (exact) mass is 339 g/mol. The Morgan fingerprint density at radius 2 is 1.83 bits per heavy atom. The third-order valence-corrected chi connectivity index (χ3v) is 4.28. The van der Waals surface area contributed by atoms with Gasteiger partial charge in [-0.05, 0) is 24.1 Å². The molecule has 1 amide bonds. The molecule has 0 saturated carbocycles. The van der Waals surface area contributed by atoms with Gasteiger partial charge in [0.1, 0.15) is 0 Å². The molecule has 0 radical (unpaired) electrons. The van der Waals surface area contributed by atoms with Crippen LogP contribution in [0.1, 0.15) is 37.3 Å². The summed E-state index contributed by atoms with van der Waals surface area (Å²) in [6, 6.07) is 8.81. The summed E-state index contributed by atoms with van der Waals surface area (Å²) in [6.07, 6.45) is 0.612. The number of halogens is 1. The van der Waals surface area contributed by atoms with Crippen molar-refractivity contribution in [1.82, 2.24) is 15.1 Å². The van der Waals surface area contributed by atoms with Crippen molar-refractivity contribution in [2.75, 3.05) is 39.8 Å². The molecular weight excluding hydrogens is 310 g/mol. The lowest BCUT2D eigenvalue weighted by atomic mass is 10.0. The summed E-state index contributed by atoms with van der Waals surface area (Å²) in [5, 5.41) is 3.28. The van der Waals surface area contributed by atoms with Crippen molar-refractivity contribution in [3.63, 3.8) is 0 Å². The minimum atomic E-state index is 0. The normalized spacial score (nSPS) is 14.9. The molecule has 0 unspecified atom stereocenters. The average molecular weight is 340 g/mol. The van der Waals surface area contributed by atoms with Crippen LogP contribution in [0.3, 0.4) is 0 Å². The molecule has 2 rings (SSSR count). The maximum Gasteiger partial charge on any atom is 0.223 e. The van der Waals surface area contributed by atoms with Gasteiger partial charge in [-0.1, -0.05) is 38.1 Å². The Balaban J connectivity index is 0.00000264. The Labute approximate surface area is 146 Å². The second-order valence-corrected chi connectivity index (χ2v) is 6.51. The quantitative estimate of drug-likeness (QED) is 0.865. The number of benzene rings is 1. The molecule has 0 spiro atoms. The van der Waals surface area contributed by atoms with Crippen LogP contribution in [0.15, 0.2) is 24.3 Å². The van der Waals surface area contributed by atoms with E-state index in [0.717, 1.165) is 39.3 Å². The summed E-state index contributed by atoms with van der Waals surface area (Å²) in [7, 11) is 2.08. The number of nitrogens with zero attached hydrogens (tertiary/aromatic N) is 2. The van der Waals surface area contributed by atoms with Gasteiger partial charge in [0.05, 0.1) is 0 Å². The molecule has 130 valence electrons. The standard InChI is InChI=1S/C18H29N3O.ClH/c1-15(2)17-6-4-16(5-7-17)14-20(3)11-8-18(22)21-12-9-19-10-13-21;/h4-7,15,19H,8-14H2,1-3H3;1H. The Hall–Kier alpha value is -1.10. The number of hydrogen-bond donors (Lipinski definition) is 1. The van der Waals surface area contributed by atoms with Crippen molar-refractivity contribution in [3.8, 4) is 0 Å². The Morgan fingerprint density at radius 3 is 2.39 bits per heavy atom. The van der Waals surface area contributed by atoms with Crippen molar-refractivity contribution in [1.29, 1.82) is 0 Å². The van der Waals surface area contributed by atoms with E-state index in [2.05, 4.69) is 55.4 Å². The van der Waals surface area contributed by atoms with Crippen LogP contribution in [0.25, 0.3) is 0 Å². The third-order valence-electron chi connectivity index (χ3n) is 4.28. The second kappa shape index (κ2) is 9.91. The average Bonchev–Trinajstić information content (AvgIpc) is 2.54. The first-order valence-corrected chi connectivity index (χ1v) is 8.32. The van der Waals surface area contributed by atoms with Gasteiger partial charge >= 0.3 is 0 Å². The van der Waals surface area contributed by atoms with Gasteiger partial charge in [0.15, 0.2) is 0 Å². The minimum absolute atomic E-state index is 0. The first kappa shape index (κ1) is 19.9. The zero-order chi connectivity index (χ0) is 15.9. The molecule has 1 aromatic carbocycles. The molecule has 5 heteroatoms. The number of hydrogen-bond acceptors (Lipinski definition) is 3. The minimum Gasteiger partial charge on any atom is -0.340 e. The van der Waals surface area contributed by atoms with Crippen molar-refractivity contribution >= 4 is 18.3 Å². The second-order valence-electron chi connectivity index (χ2n) is 6.51. The van der Waals surface area contributed by atoms with Crippen LogP contribution >= 0.6 is 12.4 Å². The van der Waals surface area contributed by atoms with Crippen LogP contribution in [-0.4, -0.2) is 55.5 Å². The Bertz CT molecular complexity index is 470. The number of amides is 1. The lowest BCUT2D eigenvalue weighted by Crippen LogP contribution is -2.47. The number of piperazine rings is 1. The number of carbonyl (C=O) groups is 1. The summed E-state index contributed by atoms with van der Waals surface area (Å²) in [6.45, 7) is 9.67. The smallest absolute Gasteiger partial charge is 0.223 e. The van der Waals surface area contributed by atoms with E-state index in [9.17, 15) is 4.79 Å². The van der Waals surface area contributed by atoms with Gasteiger partial charge in [0.25, 0.3) is 0 Å². The molecule has 1 N–H and O–H groups in total. The molecule has 1 fully saturated rings. The first-order valence-electron chi connectivity index (χ1n) is 8.32. The molecule has 1 aromatic rings. The van der Waals surface area contributed by atoms with Gasteiger partial charge in [-0.3, -0.25) is 4.79 Å². The van der Waals surface area contributed by atoms with Crippen LogP contribution in [-0.2, 0) is 11.3 Å². The number of carbonyl (C=O) groups excluding carboxylic acids is 1. The zero-order valence-electron chi connectivity index (χ0n) is 14.5. The molecule has 0 aliphatic carbocycles. The van der Waals surface area contributed by atoms with Crippen LogP contribution in [0.4, 0.5) is 0 Å². The van der Waals surface area contributed by atoms with Gasteiger partial charge in [-0.2, -0.15) is 0 Å². The summed E-state index contributed by atoms with van der Waals surface area (Å²) in [5.41, 5.74) is 2.68. The van der Waals surface area contributed by atoms with E-state index in [4.69, 9.17) is 0 Å². The summed E-state index contributed by atoms with van der Waals surface area (Å²) in [5.74, 6) is 0.854. The van der Waals surface area contributed by atoms with Crippen molar-refractivity contribution in [2.24, 2.45) is 0 Å². The van der Waals surface area contributed by atoms with E-state index in [1.54, 1.807) is 0 Å². The Morgan fingerprint density at radius 1 is 1.22 bits per heavy atom. The van der Waals surface area contributed by atoms with E-state index >= 15 is 0 Å². The predicted molar refractivity (Wildman–Crippen MR) is 98.2 cm³/mol. The van der Waals surface area contributed by atoms with Crippen LogP contribution in [0, 0.1) is 0 Å². The fourth-order valence-electron chi connectivity index (χ4n) is 2.76. The van der Waals surface area contributed by atoms with Gasteiger partial charge in [-0.15, -0.1) is 12.4 Å². The van der Waals surface area contributed by atoms with Gasteiger partial charge in [0, 0.05) is 45.7 Å². The van der Waals surface area contributed by atoms with Gasteiger partial charge < -0.3 is 15.1 Å². The van der Waals surface area contributed by atoms with Gasteiger partial charge in [-0.25, -0.2) is 0 Å². The SMILES string of the molecule is CC(C)c1ccc(CN(C)CCC(=O)N2CCNCC2)cc1.Cl. The van der Waals surface area contributed by atoms with Crippen LogP contribution < -0.4 is 5.32 Å². The molecule has 0 atom stereocenters. The molecule has 0 bridgehead atoms. The molecule has 1 saturated heterocycles. The van der Waals surface area contributed by atoms with E-state index < -0.39 is 0 Å². The lowest BCUT2D eigenvalue weighted by molar-refractivity contribution is -0.132. The topological polar surface area (TPSA) is 35.6 Å². The highest BCUT2D eigenvalue weighted by atomic mass is 35.5. The number of rotatable bonds is 6. The molecule has 0 aromatic heterocycles. The van der Waals surface area contributed by atoms with E-state index in [1.807, 2.05) is 4.90 Å². The summed E-state index contributed by atoms with van der Waals surface area (Å²) < 4.78 is 0. The van der Waals surface area contributed by atoms with E-state index in [1.165, 1.54) is 11.1 Å². The molecule has 1 aliphatic rings. The molecule has 23 heavy (non-hydrogen) atoms. The lowest BCUT2D eigenvalue weighted by Gasteiger charge is -2.28. The maximum atomic E-state index is 12.1. The van der Waals surface area contributed by atoms with Crippen LogP contribution in [0.2, 0.25) is 0 Å². The van der Waals surface area contributed by atoms with E-state index in [0.29, 0.717) is 12.3 Å². The van der Waals surface area contributed by atoms with Gasteiger partial charge in [0.2, 0.25) is 5.91 Å². The predicted octanol–water partition coefficient (Wildman–Crippen LogP) is 2.49. The van der Waals surface area contributed by atoms with Crippen molar-refractivity contribution in [2.45, 2.75) is 32.7 Å². The highest BCUT2D eigenvalue weighted by Gasteiger charge is 2.16. The third kappa shape index (κ3) is 6.50. The summed E-state index contributed by atoms with van der Waals surface area (Å²) in [4.78, 5) is 16.3. The van der Waals surface area contributed by atoms with Crippen molar-refractivity contribution in [3.05, 3.63) is 35.4 Å². The van der Waals surface area contributed by atoms with E-state index in [-0.39, 0.29) is 18.3 Å². The Kier molecular flexibility index (Phi) is 8.59. The molecule has 1 heterocycles. The fourth-order valence-corrected chi connectivity index (χ4v) is 2.76. The summed E-state index contributed by atoms with van der Waals surface area (Å²) >= 11 is 0. The van der Waals surface area contributed by atoms with Crippen molar-refractivity contribution < 1.29 is 4.79 Å². The maximum absolute atomic E-state index is 12.1. The largest absolute Gasteiger partial charge is 0.340 e. The molecule has 4 nitrogen and oxygen atoms in total. The van der Waals surface area contributed by atoms with Crippen LogP contribution in [0.5, 0.6) is 0 Å². The number of nitrogens with one attached hydrogen (secondary N) is 1. The first-order chi connectivity index (χ1) is 10.6. The zero-order valence-corrected chi connectivity index (χ0v) is 15.4. The highest BCUT2D eigenvalue weighted by molar-refractivity contribution is 5.85. The molecular formula is C18H30ClN3O. The highest BCUT2D eigenvalue weighted by Crippen LogP contribution is 2.15. The fraction of sp³-hybridized carbons (Fsp3) is 0.611.